The van der Waals surface area contributed by atoms with Crippen LogP contribution >= 0.6 is 0 Å². The number of carbonyl (C=O) groups is 1. The summed E-state index contributed by atoms with van der Waals surface area (Å²) in [7, 11) is 1.88. The number of phenols is 1. The maximum Gasteiger partial charge on any atom is 0.298 e. The van der Waals surface area contributed by atoms with Crippen LogP contribution in [0.4, 0.5) is 0 Å². The summed E-state index contributed by atoms with van der Waals surface area (Å²) in [5.41, 5.74) is 8.16. The zero-order valence-electron chi connectivity index (χ0n) is 25.1. The van der Waals surface area contributed by atoms with Crippen molar-refractivity contribution in [1.29, 1.82) is 0 Å². The minimum absolute atomic E-state index is 0.0996. The molecule has 0 radical (unpaired) electrons. The van der Waals surface area contributed by atoms with E-state index < -0.39 is 0 Å². The van der Waals surface area contributed by atoms with Crippen molar-refractivity contribution >= 4 is 5.91 Å². The maximum atomic E-state index is 13.5. The third-order valence-corrected chi connectivity index (χ3v) is 10.9. The SMILES string of the molecule is Cc1ccc(C#CC(=O)N(C)[C@H]2CC[C@H]3[C@H]4Cc5c(C)cc(O)c6c5[C@@]3(CCN4CCc3ccccc3)[C@H]2O6)cc1C. The second-order valence-corrected chi connectivity index (χ2v) is 13.0. The number of piperidine rings is 1. The Labute approximate surface area is 249 Å². The molecule has 1 N–H and O–H groups in total. The average Bonchev–Trinajstić information content (AvgIpc) is 3.33. The molecule has 1 saturated heterocycles. The molecule has 1 spiro atoms. The number of ether oxygens (including phenoxy) is 1. The smallest absolute Gasteiger partial charge is 0.298 e. The highest BCUT2D eigenvalue weighted by molar-refractivity contribution is 5.94. The highest BCUT2D eigenvalue weighted by atomic mass is 16.5. The zero-order chi connectivity index (χ0) is 29.2. The molecule has 5 nitrogen and oxygen atoms in total. The summed E-state index contributed by atoms with van der Waals surface area (Å²) >= 11 is 0. The molecule has 5 atom stereocenters. The number of likely N-dealkylation sites (N-methyl/N-ethyl adjacent to an activating group) is 1. The van der Waals surface area contributed by atoms with E-state index in [9.17, 15) is 9.90 Å². The van der Waals surface area contributed by atoms with Crippen LogP contribution in [0.25, 0.3) is 0 Å². The Bertz CT molecular complexity index is 1620. The number of benzene rings is 3. The molecular weight excluding hydrogens is 520 g/mol. The van der Waals surface area contributed by atoms with E-state index in [1.165, 1.54) is 27.8 Å². The van der Waals surface area contributed by atoms with E-state index in [1.54, 1.807) is 0 Å². The predicted octanol–water partition coefficient (Wildman–Crippen LogP) is 5.48. The summed E-state index contributed by atoms with van der Waals surface area (Å²) in [6.45, 7) is 8.31. The van der Waals surface area contributed by atoms with Gasteiger partial charge in [0.05, 0.1) is 6.04 Å². The lowest BCUT2D eigenvalue weighted by molar-refractivity contribution is -0.134. The van der Waals surface area contributed by atoms with Gasteiger partial charge in [0.2, 0.25) is 0 Å². The van der Waals surface area contributed by atoms with E-state index in [4.69, 9.17) is 4.74 Å². The fraction of sp³-hybridized carbons (Fsp3) is 0.432. The summed E-state index contributed by atoms with van der Waals surface area (Å²) in [6.07, 6.45) is 4.73. The average molecular weight is 561 g/mol. The van der Waals surface area contributed by atoms with E-state index in [0.29, 0.717) is 17.7 Å². The van der Waals surface area contributed by atoms with Crippen LogP contribution in [0.5, 0.6) is 11.5 Å². The van der Waals surface area contributed by atoms with Gasteiger partial charge in [0.25, 0.3) is 5.91 Å². The molecule has 0 unspecified atom stereocenters. The molecule has 216 valence electrons. The van der Waals surface area contributed by atoms with Crippen LogP contribution in [0.3, 0.4) is 0 Å². The van der Waals surface area contributed by atoms with E-state index in [1.807, 2.05) is 30.1 Å². The van der Waals surface area contributed by atoms with E-state index in [0.717, 1.165) is 56.3 Å². The van der Waals surface area contributed by atoms with Crippen molar-refractivity contribution in [2.24, 2.45) is 5.92 Å². The quantitative estimate of drug-likeness (QED) is 0.430. The van der Waals surface area contributed by atoms with Crippen LogP contribution in [0.2, 0.25) is 0 Å². The number of aromatic hydroxyl groups is 1. The molecule has 42 heavy (non-hydrogen) atoms. The number of carbonyl (C=O) groups excluding carboxylic acids is 1. The minimum atomic E-state index is -0.195. The predicted molar refractivity (Wildman–Crippen MR) is 165 cm³/mol. The Balaban J connectivity index is 1.20. The van der Waals surface area contributed by atoms with Gasteiger partial charge in [-0.25, -0.2) is 0 Å². The van der Waals surface area contributed by atoms with Crippen molar-refractivity contribution in [3.8, 4) is 23.3 Å². The van der Waals surface area contributed by atoms with Crippen LogP contribution in [0.1, 0.15) is 58.2 Å². The highest BCUT2D eigenvalue weighted by Crippen LogP contribution is 2.64. The molecule has 2 aliphatic heterocycles. The topological polar surface area (TPSA) is 53.0 Å². The van der Waals surface area contributed by atoms with E-state index in [2.05, 4.69) is 73.9 Å². The van der Waals surface area contributed by atoms with Gasteiger partial charge in [-0.2, -0.15) is 0 Å². The Morgan fingerprint density at radius 1 is 1.07 bits per heavy atom. The van der Waals surface area contributed by atoms with Gasteiger partial charge in [0.1, 0.15) is 6.10 Å². The monoisotopic (exact) mass is 560 g/mol. The first-order chi connectivity index (χ1) is 20.3. The number of amides is 1. The lowest BCUT2D eigenvalue weighted by Crippen LogP contribution is -2.69. The van der Waals surface area contributed by atoms with Gasteiger partial charge < -0.3 is 14.7 Å². The van der Waals surface area contributed by atoms with Crippen molar-refractivity contribution in [1.82, 2.24) is 9.80 Å². The molecule has 3 aromatic rings. The molecule has 3 aromatic carbocycles. The first-order valence-electron chi connectivity index (χ1n) is 15.4. The molecule has 2 aliphatic carbocycles. The minimum Gasteiger partial charge on any atom is -0.504 e. The van der Waals surface area contributed by atoms with Crippen molar-refractivity contribution < 1.29 is 14.6 Å². The summed E-state index contributed by atoms with van der Waals surface area (Å²) < 4.78 is 6.79. The summed E-state index contributed by atoms with van der Waals surface area (Å²) in [5, 5.41) is 11.1. The number of hydrogen-bond acceptors (Lipinski definition) is 4. The largest absolute Gasteiger partial charge is 0.504 e. The molecule has 4 aliphatic rings. The molecule has 2 bridgehead atoms. The molecule has 7 rings (SSSR count). The second kappa shape index (κ2) is 10.2. The standard InChI is InChI=1S/C37H40N2O3/c1-23-10-11-27(20-24(23)2)12-15-33(41)38(4)30-14-13-29-31-22-28-25(3)21-32(40)35-34(28)37(29,36(30)42-35)17-19-39(31)18-16-26-8-6-5-7-9-26/h5-11,20-21,29-31,36,40H,13-14,16-19,22H2,1-4H3/t29-,30-,31+,36-,37-/m0/s1. The van der Waals surface area contributed by atoms with Gasteiger partial charge in [-0.15, -0.1) is 0 Å². The normalized spacial score (nSPS) is 27.0. The Kier molecular flexibility index (Phi) is 6.59. The second-order valence-electron chi connectivity index (χ2n) is 13.0. The number of phenolic OH excluding ortho intramolecular Hbond substituents is 1. The maximum absolute atomic E-state index is 13.5. The van der Waals surface area contributed by atoms with Gasteiger partial charge in [-0.3, -0.25) is 9.69 Å². The van der Waals surface area contributed by atoms with E-state index >= 15 is 0 Å². The van der Waals surface area contributed by atoms with Crippen LogP contribution in [0, 0.1) is 38.5 Å². The molecule has 2 fully saturated rings. The fourth-order valence-corrected chi connectivity index (χ4v) is 8.64. The van der Waals surface area contributed by atoms with Crippen molar-refractivity contribution in [2.45, 2.75) is 76.5 Å². The Hall–Kier alpha value is -3.75. The van der Waals surface area contributed by atoms with E-state index in [-0.39, 0.29) is 29.2 Å². The first-order valence-corrected chi connectivity index (χ1v) is 15.4. The summed E-state index contributed by atoms with van der Waals surface area (Å²) in [5.74, 6) is 7.17. The molecule has 1 saturated carbocycles. The lowest BCUT2D eigenvalue weighted by Gasteiger charge is -2.60. The fourth-order valence-electron chi connectivity index (χ4n) is 8.64. The van der Waals surface area contributed by atoms with Crippen LogP contribution in [0.15, 0.2) is 54.6 Å². The van der Waals surface area contributed by atoms with Crippen molar-refractivity contribution in [3.63, 3.8) is 0 Å². The number of hydrogen-bond donors (Lipinski definition) is 1. The number of rotatable bonds is 4. The Morgan fingerprint density at radius 2 is 1.88 bits per heavy atom. The molecule has 5 heteroatoms. The van der Waals surface area contributed by atoms with Crippen LogP contribution in [-0.2, 0) is 23.1 Å². The van der Waals surface area contributed by atoms with Crippen LogP contribution < -0.4 is 4.74 Å². The molecule has 0 aromatic heterocycles. The Morgan fingerprint density at radius 3 is 2.67 bits per heavy atom. The number of nitrogens with zero attached hydrogens (tertiary/aromatic N) is 2. The van der Waals surface area contributed by atoms with Gasteiger partial charge in [0, 0.05) is 42.1 Å². The zero-order valence-corrected chi connectivity index (χ0v) is 25.1. The number of likely N-dealkylation sites (tertiary alicyclic amines) is 1. The molecular formula is C37H40N2O3. The van der Waals surface area contributed by atoms with Crippen molar-refractivity contribution in [2.75, 3.05) is 20.1 Å². The highest BCUT2D eigenvalue weighted by Gasteiger charge is 2.66. The van der Waals surface area contributed by atoms with Gasteiger partial charge in [-0.05, 0) is 111 Å². The van der Waals surface area contributed by atoms with Gasteiger partial charge in [0.15, 0.2) is 11.5 Å². The molecule has 2 heterocycles. The van der Waals surface area contributed by atoms with Crippen molar-refractivity contribution in [3.05, 3.63) is 93.5 Å². The summed E-state index contributed by atoms with van der Waals surface area (Å²) in [6, 6.07) is 19.1. The summed E-state index contributed by atoms with van der Waals surface area (Å²) in [4.78, 5) is 18.0. The first kappa shape index (κ1) is 27.1. The number of aryl methyl sites for hydroxylation is 3. The molecule has 1 amide bonds. The third kappa shape index (κ3) is 4.14. The van der Waals surface area contributed by atoms with Crippen LogP contribution in [-0.4, -0.2) is 59.1 Å². The van der Waals surface area contributed by atoms with Gasteiger partial charge in [-0.1, -0.05) is 42.3 Å². The third-order valence-electron chi connectivity index (χ3n) is 10.9. The van der Waals surface area contributed by atoms with Gasteiger partial charge >= 0.3 is 0 Å². The lowest BCUT2D eigenvalue weighted by atomic mass is 9.50.